The molecular weight excluding hydrogens is 240 g/mol. The number of carbonyl (C=O) groups is 2. The molecule has 0 amide bonds. The molecule has 1 atom stereocenters. The number of hydrogen-bond donors (Lipinski definition) is 1. The summed E-state index contributed by atoms with van der Waals surface area (Å²) in [6.45, 7) is 3.80. The van der Waals surface area contributed by atoms with E-state index in [2.05, 4.69) is 6.92 Å². The zero-order valence-corrected chi connectivity index (χ0v) is 12.6. The Kier molecular flexibility index (Phi) is 11.6. The summed E-state index contributed by atoms with van der Waals surface area (Å²) in [5.41, 5.74) is 0. The quantitative estimate of drug-likeness (QED) is 0.498. The second-order valence-electron chi connectivity index (χ2n) is 5.50. The summed E-state index contributed by atoms with van der Waals surface area (Å²) in [5.74, 6) is -0.706. The molecule has 0 aromatic carbocycles. The largest absolute Gasteiger partial charge is 0.481 e. The van der Waals surface area contributed by atoms with Gasteiger partial charge < -0.3 is 5.11 Å². The molecular formula is C16H30O3. The summed E-state index contributed by atoms with van der Waals surface area (Å²) in [6, 6.07) is 0. The molecule has 112 valence electrons. The van der Waals surface area contributed by atoms with Crippen molar-refractivity contribution in [3.63, 3.8) is 0 Å². The van der Waals surface area contributed by atoms with Crippen LogP contribution in [0.3, 0.4) is 0 Å². The average Bonchev–Trinajstić information content (AvgIpc) is 2.35. The smallest absolute Gasteiger partial charge is 0.303 e. The number of Topliss-reactive ketones (excluding diaryl/α,β-unsaturated/α-hetero) is 1. The summed E-state index contributed by atoms with van der Waals surface area (Å²) in [7, 11) is 0. The van der Waals surface area contributed by atoms with Gasteiger partial charge in [-0.05, 0) is 19.8 Å². The van der Waals surface area contributed by atoms with Crippen LogP contribution in [0, 0.1) is 5.92 Å². The van der Waals surface area contributed by atoms with E-state index in [-0.39, 0.29) is 18.1 Å². The molecule has 3 nitrogen and oxygen atoms in total. The molecule has 0 radical (unpaired) electrons. The van der Waals surface area contributed by atoms with Gasteiger partial charge in [0.15, 0.2) is 0 Å². The highest BCUT2D eigenvalue weighted by Gasteiger charge is 2.15. The fraction of sp³-hybridized carbons (Fsp3) is 0.875. The maximum atomic E-state index is 11.4. The molecule has 0 aliphatic heterocycles. The first-order valence-corrected chi connectivity index (χ1v) is 7.80. The Hall–Kier alpha value is -0.860. The van der Waals surface area contributed by atoms with Gasteiger partial charge in [-0.25, -0.2) is 0 Å². The van der Waals surface area contributed by atoms with Crippen LogP contribution in [-0.4, -0.2) is 16.9 Å². The van der Waals surface area contributed by atoms with Crippen LogP contribution in [0.1, 0.15) is 84.5 Å². The number of carboxylic acid groups (broad SMARTS) is 1. The van der Waals surface area contributed by atoms with Gasteiger partial charge in [0.1, 0.15) is 5.78 Å². The van der Waals surface area contributed by atoms with E-state index in [0.717, 1.165) is 12.8 Å². The highest BCUT2D eigenvalue weighted by atomic mass is 16.4. The molecule has 3 heteroatoms. The van der Waals surface area contributed by atoms with Crippen LogP contribution in [0.5, 0.6) is 0 Å². The fourth-order valence-corrected chi connectivity index (χ4v) is 2.37. The van der Waals surface area contributed by atoms with Crippen molar-refractivity contribution >= 4 is 11.8 Å². The van der Waals surface area contributed by atoms with E-state index in [4.69, 9.17) is 5.11 Å². The van der Waals surface area contributed by atoms with Crippen molar-refractivity contribution < 1.29 is 14.7 Å². The molecule has 0 saturated carbocycles. The lowest BCUT2D eigenvalue weighted by molar-refractivity contribution is -0.137. The summed E-state index contributed by atoms with van der Waals surface area (Å²) in [6.07, 6.45) is 11.5. The second kappa shape index (κ2) is 12.2. The van der Waals surface area contributed by atoms with Crippen LogP contribution < -0.4 is 0 Å². The van der Waals surface area contributed by atoms with Gasteiger partial charge >= 0.3 is 5.97 Å². The highest BCUT2D eigenvalue weighted by Crippen LogP contribution is 2.18. The maximum absolute atomic E-state index is 11.4. The Morgan fingerprint density at radius 3 is 1.89 bits per heavy atom. The van der Waals surface area contributed by atoms with Crippen LogP contribution in [0.25, 0.3) is 0 Å². The molecule has 19 heavy (non-hydrogen) atoms. The van der Waals surface area contributed by atoms with Crippen molar-refractivity contribution in [3.8, 4) is 0 Å². The van der Waals surface area contributed by atoms with Crippen LogP contribution in [0.15, 0.2) is 0 Å². The number of hydrogen-bond acceptors (Lipinski definition) is 2. The summed E-state index contributed by atoms with van der Waals surface area (Å²) < 4.78 is 0. The molecule has 0 bridgehead atoms. The number of carbonyl (C=O) groups excluding carboxylic acids is 1. The number of ketones is 1. The lowest BCUT2D eigenvalue weighted by Crippen LogP contribution is -2.12. The summed E-state index contributed by atoms with van der Waals surface area (Å²) in [5, 5.41) is 8.65. The molecule has 0 aliphatic rings. The van der Waals surface area contributed by atoms with Crippen LogP contribution in [0.2, 0.25) is 0 Å². The minimum absolute atomic E-state index is 0.0452. The SMILES string of the molecule is CCCCCCCCCCC(CCC(=O)O)C(C)=O. The van der Waals surface area contributed by atoms with Crippen molar-refractivity contribution in [1.82, 2.24) is 0 Å². The standard InChI is InChI=1S/C16H30O3/c1-3-4-5-6-7-8-9-10-11-15(14(2)17)12-13-16(18)19/h15H,3-13H2,1-2H3,(H,18,19). The molecule has 0 aliphatic carbocycles. The molecule has 0 aromatic heterocycles. The normalized spacial score (nSPS) is 12.3. The predicted octanol–water partition coefficient (Wildman–Crippen LogP) is 4.59. The molecule has 1 unspecified atom stereocenters. The first-order chi connectivity index (χ1) is 9.07. The Bertz CT molecular complexity index is 248. The number of rotatable bonds is 13. The van der Waals surface area contributed by atoms with Gasteiger partial charge in [0.05, 0.1) is 0 Å². The van der Waals surface area contributed by atoms with E-state index in [9.17, 15) is 9.59 Å². The Morgan fingerprint density at radius 1 is 0.895 bits per heavy atom. The Morgan fingerprint density at radius 2 is 1.42 bits per heavy atom. The average molecular weight is 270 g/mol. The van der Waals surface area contributed by atoms with E-state index < -0.39 is 5.97 Å². The van der Waals surface area contributed by atoms with Gasteiger partial charge in [-0.3, -0.25) is 9.59 Å². The van der Waals surface area contributed by atoms with Crippen molar-refractivity contribution in [2.45, 2.75) is 84.5 Å². The minimum atomic E-state index is -0.804. The minimum Gasteiger partial charge on any atom is -0.481 e. The highest BCUT2D eigenvalue weighted by molar-refractivity contribution is 5.79. The molecule has 0 rings (SSSR count). The van der Waals surface area contributed by atoms with Gasteiger partial charge in [-0.2, -0.15) is 0 Å². The van der Waals surface area contributed by atoms with Crippen LogP contribution in [-0.2, 0) is 9.59 Å². The summed E-state index contributed by atoms with van der Waals surface area (Å²) in [4.78, 5) is 21.9. The first-order valence-electron chi connectivity index (χ1n) is 7.80. The number of unbranched alkanes of at least 4 members (excludes halogenated alkanes) is 7. The third-order valence-corrected chi connectivity index (χ3v) is 3.69. The molecule has 1 N–H and O–H groups in total. The van der Waals surface area contributed by atoms with Gasteiger partial charge in [0, 0.05) is 12.3 Å². The van der Waals surface area contributed by atoms with Crippen molar-refractivity contribution in [2.75, 3.05) is 0 Å². The van der Waals surface area contributed by atoms with Crippen LogP contribution >= 0.6 is 0 Å². The zero-order valence-electron chi connectivity index (χ0n) is 12.6. The van der Waals surface area contributed by atoms with Gasteiger partial charge in [-0.15, -0.1) is 0 Å². The molecule has 0 aromatic rings. The molecule has 0 fully saturated rings. The summed E-state index contributed by atoms with van der Waals surface area (Å²) >= 11 is 0. The van der Waals surface area contributed by atoms with E-state index in [1.54, 1.807) is 6.92 Å². The van der Waals surface area contributed by atoms with E-state index in [0.29, 0.717) is 6.42 Å². The fourth-order valence-electron chi connectivity index (χ4n) is 2.37. The van der Waals surface area contributed by atoms with Gasteiger partial charge in [0.2, 0.25) is 0 Å². The van der Waals surface area contributed by atoms with Crippen molar-refractivity contribution in [3.05, 3.63) is 0 Å². The van der Waals surface area contributed by atoms with E-state index in [1.165, 1.54) is 44.9 Å². The van der Waals surface area contributed by atoms with E-state index in [1.807, 2.05) is 0 Å². The first kappa shape index (κ1) is 18.1. The predicted molar refractivity (Wildman–Crippen MR) is 78.3 cm³/mol. The number of carboxylic acids is 1. The maximum Gasteiger partial charge on any atom is 0.303 e. The van der Waals surface area contributed by atoms with Gasteiger partial charge in [-0.1, -0.05) is 58.3 Å². The molecule has 0 spiro atoms. The van der Waals surface area contributed by atoms with Crippen molar-refractivity contribution in [1.29, 1.82) is 0 Å². The van der Waals surface area contributed by atoms with Gasteiger partial charge in [0.25, 0.3) is 0 Å². The van der Waals surface area contributed by atoms with Crippen LogP contribution in [0.4, 0.5) is 0 Å². The molecule has 0 heterocycles. The Labute approximate surface area is 117 Å². The third kappa shape index (κ3) is 11.9. The Balaban J connectivity index is 3.53. The lowest BCUT2D eigenvalue weighted by atomic mass is 9.92. The molecule has 0 saturated heterocycles. The van der Waals surface area contributed by atoms with Crippen molar-refractivity contribution in [2.24, 2.45) is 5.92 Å². The second-order valence-corrected chi connectivity index (χ2v) is 5.50. The lowest BCUT2D eigenvalue weighted by Gasteiger charge is -2.12. The number of aliphatic carboxylic acids is 1. The van der Waals surface area contributed by atoms with E-state index >= 15 is 0 Å². The zero-order chi connectivity index (χ0) is 14.5. The third-order valence-electron chi connectivity index (χ3n) is 3.69. The topological polar surface area (TPSA) is 54.4 Å². The monoisotopic (exact) mass is 270 g/mol.